The van der Waals surface area contributed by atoms with Crippen LogP contribution >= 0.6 is 0 Å². The zero-order chi connectivity index (χ0) is 15.8. The quantitative estimate of drug-likeness (QED) is 0.737. The third kappa shape index (κ3) is 5.08. The van der Waals surface area contributed by atoms with E-state index in [1.165, 1.54) is 18.2 Å². The van der Waals surface area contributed by atoms with Gasteiger partial charge in [-0.3, -0.25) is 4.79 Å². The van der Waals surface area contributed by atoms with E-state index in [9.17, 15) is 9.18 Å². The van der Waals surface area contributed by atoms with Crippen molar-refractivity contribution in [3.05, 3.63) is 35.1 Å². The minimum absolute atomic E-state index is 0.0797. The van der Waals surface area contributed by atoms with Gasteiger partial charge in [0.15, 0.2) is 0 Å². The van der Waals surface area contributed by atoms with E-state index in [1.54, 1.807) is 19.1 Å². The summed E-state index contributed by atoms with van der Waals surface area (Å²) in [6.07, 6.45) is 0. The predicted molar refractivity (Wildman–Crippen MR) is 78.5 cm³/mol. The van der Waals surface area contributed by atoms with Gasteiger partial charge in [-0.15, -0.1) is 0 Å². The maximum absolute atomic E-state index is 13.7. The molecule has 0 aromatic heterocycles. The second-order valence-electron chi connectivity index (χ2n) is 4.85. The van der Waals surface area contributed by atoms with E-state index < -0.39 is 5.82 Å². The maximum Gasteiger partial charge on any atom is 0.253 e. The lowest BCUT2D eigenvalue weighted by atomic mass is 10.1. The average molecular weight is 298 g/mol. The molecule has 21 heavy (non-hydrogen) atoms. The third-order valence-electron chi connectivity index (χ3n) is 3.30. The Kier molecular flexibility index (Phi) is 7.28. The zero-order valence-corrected chi connectivity index (χ0v) is 12.8. The molecular weight excluding hydrogens is 275 g/mol. The number of halogens is 1. The molecule has 1 rings (SSSR count). The Balaban J connectivity index is 2.78. The van der Waals surface area contributed by atoms with E-state index in [-0.39, 0.29) is 18.6 Å². The number of rotatable bonds is 8. The van der Waals surface area contributed by atoms with Crippen molar-refractivity contribution in [2.75, 3.05) is 33.9 Å². The van der Waals surface area contributed by atoms with Gasteiger partial charge < -0.3 is 20.1 Å². The van der Waals surface area contributed by atoms with E-state index in [0.717, 1.165) is 0 Å². The van der Waals surface area contributed by atoms with Crippen LogP contribution in [0.4, 0.5) is 4.39 Å². The van der Waals surface area contributed by atoms with Crippen LogP contribution in [0.15, 0.2) is 18.2 Å². The van der Waals surface area contributed by atoms with E-state index in [2.05, 4.69) is 0 Å². The number of carbonyl (C=O) groups is 1. The van der Waals surface area contributed by atoms with E-state index in [1.807, 2.05) is 6.92 Å². The molecule has 0 saturated carbocycles. The lowest BCUT2D eigenvalue weighted by Crippen LogP contribution is -2.39. The zero-order valence-electron chi connectivity index (χ0n) is 12.8. The fraction of sp³-hybridized carbons (Fsp3) is 0.533. The van der Waals surface area contributed by atoms with E-state index in [4.69, 9.17) is 15.2 Å². The lowest BCUT2D eigenvalue weighted by Gasteiger charge is -2.24. The number of nitrogens with two attached hydrogens (primary N) is 1. The van der Waals surface area contributed by atoms with Gasteiger partial charge in [0.05, 0.1) is 19.8 Å². The van der Waals surface area contributed by atoms with Gasteiger partial charge in [-0.25, -0.2) is 4.39 Å². The molecule has 1 amide bonds. The molecule has 5 nitrogen and oxygen atoms in total. The first-order valence-electron chi connectivity index (χ1n) is 6.83. The summed E-state index contributed by atoms with van der Waals surface area (Å²) < 4.78 is 23.9. The van der Waals surface area contributed by atoms with Crippen molar-refractivity contribution in [1.82, 2.24) is 4.90 Å². The van der Waals surface area contributed by atoms with Crippen LogP contribution in [0.2, 0.25) is 0 Å². The molecule has 0 bridgehead atoms. The summed E-state index contributed by atoms with van der Waals surface area (Å²) >= 11 is 0. The van der Waals surface area contributed by atoms with Gasteiger partial charge in [-0.1, -0.05) is 0 Å². The summed E-state index contributed by atoms with van der Waals surface area (Å²) in [6, 6.07) is 4.19. The molecule has 0 aliphatic heterocycles. The smallest absolute Gasteiger partial charge is 0.253 e. The standard InChI is InChI=1S/C15H23FN2O3/c1-11(9-17)18(2)15(19)12-4-5-14(16)13(8-12)10-21-7-6-20-3/h4-5,8,11H,6-7,9-10,17H2,1-3H3. The van der Waals surface area contributed by atoms with Crippen LogP contribution in [0, 0.1) is 5.82 Å². The summed E-state index contributed by atoms with van der Waals surface area (Å²) in [6.45, 7) is 3.15. The van der Waals surface area contributed by atoms with Crippen molar-refractivity contribution in [2.45, 2.75) is 19.6 Å². The third-order valence-corrected chi connectivity index (χ3v) is 3.30. The molecule has 6 heteroatoms. The minimum atomic E-state index is -0.390. The average Bonchev–Trinajstić information content (AvgIpc) is 2.50. The molecule has 0 radical (unpaired) electrons. The summed E-state index contributed by atoms with van der Waals surface area (Å²) in [5.74, 6) is -0.579. The van der Waals surface area contributed by atoms with Crippen molar-refractivity contribution >= 4 is 5.91 Å². The fourth-order valence-electron chi connectivity index (χ4n) is 1.70. The van der Waals surface area contributed by atoms with Crippen LogP contribution in [0.5, 0.6) is 0 Å². The van der Waals surface area contributed by atoms with E-state index in [0.29, 0.717) is 30.9 Å². The van der Waals surface area contributed by atoms with Crippen LogP contribution in [-0.4, -0.2) is 50.8 Å². The molecule has 1 aromatic carbocycles. The van der Waals surface area contributed by atoms with Crippen LogP contribution in [-0.2, 0) is 16.1 Å². The highest BCUT2D eigenvalue weighted by molar-refractivity contribution is 5.94. The second-order valence-corrected chi connectivity index (χ2v) is 4.85. The first-order chi connectivity index (χ1) is 10.0. The largest absolute Gasteiger partial charge is 0.382 e. The van der Waals surface area contributed by atoms with Gasteiger partial charge in [0.25, 0.3) is 5.91 Å². The lowest BCUT2D eigenvalue weighted by molar-refractivity contribution is 0.0603. The first kappa shape index (κ1) is 17.6. The number of hydrogen-bond donors (Lipinski definition) is 1. The molecule has 0 spiro atoms. The maximum atomic E-state index is 13.7. The molecule has 2 N–H and O–H groups in total. The summed E-state index contributed by atoms with van der Waals surface area (Å²) in [5, 5.41) is 0. The summed E-state index contributed by atoms with van der Waals surface area (Å²) in [7, 11) is 3.25. The first-order valence-corrected chi connectivity index (χ1v) is 6.83. The Bertz CT molecular complexity index is 468. The highest BCUT2D eigenvalue weighted by Gasteiger charge is 2.17. The van der Waals surface area contributed by atoms with E-state index >= 15 is 0 Å². The number of nitrogens with zero attached hydrogens (tertiary/aromatic N) is 1. The Morgan fingerprint density at radius 2 is 2.14 bits per heavy atom. The molecule has 1 atom stereocenters. The van der Waals surface area contributed by atoms with Crippen molar-refractivity contribution in [3.63, 3.8) is 0 Å². The van der Waals surface area contributed by atoms with Crippen molar-refractivity contribution in [1.29, 1.82) is 0 Å². The van der Waals surface area contributed by atoms with Gasteiger partial charge in [-0.05, 0) is 25.1 Å². The monoisotopic (exact) mass is 298 g/mol. The Morgan fingerprint density at radius 3 is 2.76 bits per heavy atom. The van der Waals surface area contributed by atoms with Gasteiger partial charge in [0.1, 0.15) is 5.82 Å². The topological polar surface area (TPSA) is 64.8 Å². The van der Waals surface area contributed by atoms with Gasteiger partial charge >= 0.3 is 0 Å². The highest BCUT2D eigenvalue weighted by Crippen LogP contribution is 2.14. The van der Waals surface area contributed by atoms with Crippen molar-refractivity contribution in [2.24, 2.45) is 5.73 Å². The van der Waals surface area contributed by atoms with Crippen LogP contribution in [0.1, 0.15) is 22.8 Å². The molecule has 1 unspecified atom stereocenters. The number of carbonyl (C=O) groups excluding carboxylic acids is 1. The van der Waals surface area contributed by atoms with Gasteiger partial charge in [-0.2, -0.15) is 0 Å². The highest BCUT2D eigenvalue weighted by atomic mass is 19.1. The van der Waals surface area contributed by atoms with Crippen LogP contribution < -0.4 is 5.73 Å². The van der Waals surface area contributed by atoms with Gasteiger partial charge in [0.2, 0.25) is 0 Å². The number of benzene rings is 1. The molecule has 0 saturated heterocycles. The SMILES string of the molecule is COCCOCc1cc(C(=O)N(C)C(C)CN)ccc1F. The molecule has 118 valence electrons. The number of hydrogen-bond acceptors (Lipinski definition) is 4. The summed E-state index contributed by atoms with van der Waals surface area (Å²) in [5.41, 5.74) is 6.32. The minimum Gasteiger partial charge on any atom is -0.382 e. The molecule has 0 aliphatic rings. The fourth-order valence-corrected chi connectivity index (χ4v) is 1.70. The van der Waals surface area contributed by atoms with Crippen LogP contribution in [0.3, 0.4) is 0 Å². The number of likely N-dealkylation sites (N-methyl/N-ethyl adjacent to an activating group) is 1. The van der Waals surface area contributed by atoms with Crippen molar-refractivity contribution in [3.8, 4) is 0 Å². The number of ether oxygens (including phenoxy) is 2. The van der Waals surface area contributed by atoms with Gasteiger partial charge in [0, 0.05) is 37.9 Å². The Hall–Kier alpha value is -1.50. The molecule has 0 heterocycles. The Labute approximate surface area is 124 Å². The second kappa shape index (κ2) is 8.71. The normalized spacial score (nSPS) is 12.2. The number of amides is 1. The summed E-state index contributed by atoms with van der Waals surface area (Å²) in [4.78, 5) is 13.8. The molecule has 0 aliphatic carbocycles. The predicted octanol–water partition coefficient (Wildman–Crippen LogP) is 1.41. The van der Waals surface area contributed by atoms with Crippen molar-refractivity contribution < 1.29 is 18.7 Å². The number of methoxy groups -OCH3 is 1. The Morgan fingerprint density at radius 1 is 1.43 bits per heavy atom. The molecule has 1 aromatic rings. The van der Waals surface area contributed by atoms with Crippen LogP contribution in [0.25, 0.3) is 0 Å². The molecule has 0 fully saturated rings. The molecular formula is C15H23FN2O3.